The van der Waals surface area contributed by atoms with E-state index in [4.69, 9.17) is 9.15 Å². The van der Waals surface area contributed by atoms with Crippen LogP contribution >= 0.6 is 0 Å². The summed E-state index contributed by atoms with van der Waals surface area (Å²) in [6.45, 7) is 2.73. The molecule has 3 aliphatic rings. The Morgan fingerprint density at radius 3 is 2.74 bits per heavy atom. The van der Waals surface area contributed by atoms with E-state index < -0.39 is 11.2 Å². The molecule has 2 aromatic heterocycles. The normalized spacial score (nSPS) is 23.5. The maximum Gasteiger partial charge on any atom is 0.306 e. The van der Waals surface area contributed by atoms with E-state index in [1.165, 1.54) is 13.2 Å². The van der Waals surface area contributed by atoms with Crippen LogP contribution in [0.5, 0.6) is 5.75 Å². The van der Waals surface area contributed by atoms with Gasteiger partial charge in [0, 0.05) is 49.3 Å². The van der Waals surface area contributed by atoms with Gasteiger partial charge in [0.25, 0.3) is 5.56 Å². The molecule has 2 bridgehead atoms. The predicted molar refractivity (Wildman–Crippen MR) is 129 cm³/mol. The van der Waals surface area contributed by atoms with Gasteiger partial charge in [0.15, 0.2) is 5.76 Å². The zero-order valence-electron chi connectivity index (χ0n) is 20.3. The van der Waals surface area contributed by atoms with Crippen molar-refractivity contribution in [3.05, 3.63) is 62.1 Å². The third-order valence-corrected chi connectivity index (χ3v) is 8.10. The fraction of sp³-hybridized carbons (Fsp3) is 0.593. The molecule has 2 aromatic rings. The SMILES string of the molecule is COC(=O)CC(c1oc(CN2CC3CC(C2)c2cccc(=O)n2C3)cc(=O)c1O)C1CCCCC1. The Bertz CT molecular complexity index is 1190. The Hall–Kier alpha value is -2.87. The molecule has 2 aliphatic heterocycles. The molecule has 4 heterocycles. The maximum atomic E-state index is 12.8. The van der Waals surface area contributed by atoms with E-state index in [9.17, 15) is 19.5 Å². The second-order valence-corrected chi connectivity index (χ2v) is 10.5. The lowest BCUT2D eigenvalue weighted by atomic mass is 9.77. The minimum Gasteiger partial charge on any atom is -0.502 e. The third-order valence-electron chi connectivity index (χ3n) is 8.10. The molecule has 35 heavy (non-hydrogen) atoms. The van der Waals surface area contributed by atoms with Crippen LogP contribution in [0, 0.1) is 11.8 Å². The molecule has 188 valence electrons. The van der Waals surface area contributed by atoms with Crippen molar-refractivity contribution in [2.24, 2.45) is 11.8 Å². The van der Waals surface area contributed by atoms with E-state index in [0.717, 1.165) is 57.3 Å². The zero-order chi connectivity index (χ0) is 24.5. The molecule has 0 radical (unpaired) electrons. The predicted octanol–water partition coefficient (Wildman–Crippen LogP) is 3.35. The van der Waals surface area contributed by atoms with Gasteiger partial charge < -0.3 is 18.8 Å². The van der Waals surface area contributed by atoms with Crippen LogP contribution in [0.1, 0.15) is 74.0 Å². The van der Waals surface area contributed by atoms with Crippen LogP contribution in [0.25, 0.3) is 0 Å². The van der Waals surface area contributed by atoms with Crippen molar-refractivity contribution in [3.63, 3.8) is 0 Å². The fourth-order valence-electron chi connectivity index (χ4n) is 6.50. The van der Waals surface area contributed by atoms with E-state index in [1.54, 1.807) is 6.07 Å². The lowest BCUT2D eigenvalue weighted by Crippen LogP contribution is -2.46. The van der Waals surface area contributed by atoms with Crippen molar-refractivity contribution < 1.29 is 19.1 Å². The van der Waals surface area contributed by atoms with Crippen molar-refractivity contribution >= 4 is 5.97 Å². The molecule has 8 heteroatoms. The van der Waals surface area contributed by atoms with Crippen LogP contribution in [0.3, 0.4) is 0 Å². The number of carbonyl (C=O) groups excluding carboxylic acids is 1. The topological polar surface area (TPSA) is 102 Å². The van der Waals surface area contributed by atoms with Gasteiger partial charge in [0.2, 0.25) is 11.2 Å². The van der Waals surface area contributed by atoms with E-state index in [-0.39, 0.29) is 41.5 Å². The number of hydrogen-bond donors (Lipinski definition) is 1. The molecule has 3 unspecified atom stereocenters. The Labute approximate surface area is 204 Å². The standard InChI is InChI=1S/C27H34N2O6/c1-34-25(32)12-21(18-6-3-2-4-7-18)27-26(33)23(30)11-20(35-27)16-28-13-17-10-19(15-28)22-8-5-9-24(31)29(22)14-17/h5,8-9,11,17-19,21,33H,2-4,6-7,10,12-16H2,1H3. The lowest BCUT2D eigenvalue weighted by molar-refractivity contribution is -0.141. The van der Waals surface area contributed by atoms with Gasteiger partial charge in [-0.2, -0.15) is 0 Å². The molecule has 0 amide bonds. The number of piperidine rings is 1. The Morgan fingerprint density at radius 2 is 1.97 bits per heavy atom. The minimum atomic E-state index is -0.471. The van der Waals surface area contributed by atoms with Gasteiger partial charge in [-0.25, -0.2) is 0 Å². The van der Waals surface area contributed by atoms with Crippen molar-refractivity contribution in [3.8, 4) is 5.75 Å². The number of esters is 1. The first-order chi connectivity index (χ1) is 16.9. The van der Waals surface area contributed by atoms with Crippen molar-refractivity contribution in [2.75, 3.05) is 20.2 Å². The number of hydrogen-bond acceptors (Lipinski definition) is 7. The van der Waals surface area contributed by atoms with Crippen molar-refractivity contribution in [1.82, 2.24) is 9.47 Å². The Balaban J connectivity index is 1.40. The van der Waals surface area contributed by atoms with E-state index in [0.29, 0.717) is 24.8 Å². The summed E-state index contributed by atoms with van der Waals surface area (Å²) in [7, 11) is 1.35. The number of ether oxygens (including phenoxy) is 1. The molecule has 1 saturated heterocycles. The highest BCUT2D eigenvalue weighted by Crippen LogP contribution is 2.41. The van der Waals surface area contributed by atoms with Gasteiger partial charge in [0.1, 0.15) is 5.76 Å². The molecular formula is C27H34N2O6. The Morgan fingerprint density at radius 1 is 1.17 bits per heavy atom. The number of pyridine rings is 1. The molecule has 2 fully saturated rings. The molecule has 0 spiro atoms. The first kappa shape index (κ1) is 23.9. The first-order valence-corrected chi connectivity index (χ1v) is 12.8. The van der Waals surface area contributed by atoms with Gasteiger partial charge >= 0.3 is 5.97 Å². The Kier molecular flexibility index (Phi) is 6.82. The lowest BCUT2D eigenvalue weighted by Gasteiger charge is -2.42. The number of likely N-dealkylation sites (tertiary alicyclic amines) is 1. The summed E-state index contributed by atoms with van der Waals surface area (Å²) in [6, 6.07) is 6.85. The molecule has 0 aromatic carbocycles. The third kappa shape index (κ3) is 4.94. The highest BCUT2D eigenvalue weighted by atomic mass is 16.5. The van der Waals surface area contributed by atoms with Crippen LogP contribution in [0.15, 0.2) is 38.3 Å². The summed E-state index contributed by atoms with van der Waals surface area (Å²) in [5.41, 5.74) is 0.655. The smallest absolute Gasteiger partial charge is 0.306 e. The number of methoxy groups -OCH3 is 1. The molecule has 1 saturated carbocycles. The quantitative estimate of drug-likeness (QED) is 0.630. The highest BCUT2D eigenvalue weighted by Gasteiger charge is 2.36. The van der Waals surface area contributed by atoms with E-state index >= 15 is 0 Å². The second kappa shape index (κ2) is 10.0. The summed E-state index contributed by atoms with van der Waals surface area (Å²) < 4.78 is 13.0. The fourth-order valence-corrected chi connectivity index (χ4v) is 6.50. The molecule has 8 nitrogen and oxygen atoms in total. The van der Waals surface area contributed by atoms with E-state index in [1.807, 2.05) is 16.7 Å². The first-order valence-electron chi connectivity index (χ1n) is 12.8. The summed E-state index contributed by atoms with van der Waals surface area (Å²) in [5.74, 6) is 0.361. The van der Waals surface area contributed by atoms with Crippen molar-refractivity contribution in [2.45, 2.75) is 69.9 Å². The van der Waals surface area contributed by atoms with Crippen LogP contribution in [-0.4, -0.2) is 40.7 Å². The summed E-state index contributed by atoms with van der Waals surface area (Å²) in [6.07, 6.45) is 6.28. The van der Waals surface area contributed by atoms with Gasteiger partial charge in [0.05, 0.1) is 20.1 Å². The van der Waals surface area contributed by atoms with E-state index in [2.05, 4.69) is 4.90 Å². The van der Waals surface area contributed by atoms with Gasteiger partial charge in [-0.1, -0.05) is 25.3 Å². The second-order valence-electron chi connectivity index (χ2n) is 10.5. The van der Waals surface area contributed by atoms with Crippen LogP contribution in [0.4, 0.5) is 0 Å². The largest absolute Gasteiger partial charge is 0.502 e. The van der Waals surface area contributed by atoms with Crippen LogP contribution in [-0.2, 0) is 22.6 Å². The molecule has 1 aliphatic carbocycles. The van der Waals surface area contributed by atoms with Crippen LogP contribution < -0.4 is 11.0 Å². The average Bonchev–Trinajstić information content (AvgIpc) is 2.86. The maximum absolute atomic E-state index is 12.8. The number of carbonyl (C=O) groups is 1. The average molecular weight is 483 g/mol. The molecule has 1 N–H and O–H groups in total. The monoisotopic (exact) mass is 482 g/mol. The van der Waals surface area contributed by atoms with Crippen molar-refractivity contribution in [1.29, 1.82) is 0 Å². The van der Waals surface area contributed by atoms with Gasteiger partial charge in [-0.15, -0.1) is 0 Å². The highest BCUT2D eigenvalue weighted by molar-refractivity contribution is 5.70. The number of rotatable bonds is 6. The van der Waals surface area contributed by atoms with Gasteiger partial charge in [-0.3, -0.25) is 19.3 Å². The number of aromatic hydroxyl groups is 1. The summed E-state index contributed by atoms with van der Waals surface area (Å²) in [4.78, 5) is 39.6. The summed E-state index contributed by atoms with van der Waals surface area (Å²) in [5, 5.41) is 10.7. The molecular weight excluding hydrogens is 448 g/mol. The van der Waals surface area contributed by atoms with Gasteiger partial charge in [-0.05, 0) is 37.2 Å². The number of nitrogens with zero attached hydrogens (tertiary/aromatic N) is 2. The minimum absolute atomic E-state index is 0.0548. The zero-order valence-corrected chi connectivity index (χ0v) is 20.3. The number of aromatic nitrogens is 1. The summed E-state index contributed by atoms with van der Waals surface area (Å²) >= 11 is 0. The molecule has 3 atom stereocenters. The van der Waals surface area contributed by atoms with Crippen LogP contribution in [0.2, 0.25) is 0 Å². The molecule has 5 rings (SSSR count). The number of fused-ring (bicyclic) bond motifs is 4.